The van der Waals surface area contributed by atoms with E-state index in [2.05, 4.69) is 26.6 Å². The van der Waals surface area contributed by atoms with Gasteiger partial charge in [0.05, 0.1) is 5.69 Å². The molecule has 0 aliphatic rings. The summed E-state index contributed by atoms with van der Waals surface area (Å²) in [6.07, 6.45) is 1.28. The molecule has 0 aliphatic carbocycles. The zero-order valence-corrected chi connectivity index (χ0v) is 19.0. The Balaban J connectivity index is 1.83. The zero-order valence-electron chi connectivity index (χ0n) is 16.6. The van der Waals surface area contributed by atoms with Gasteiger partial charge in [0, 0.05) is 21.5 Å². The van der Waals surface area contributed by atoms with Gasteiger partial charge >= 0.3 is 0 Å². The highest BCUT2D eigenvalue weighted by Crippen LogP contribution is 2.37. The van der Waals surface area contributed by atoms with E-state index >= 15 is 0 Å². The van der Waals surface area contributed by atoms with Crippen molar-refractivity contribution in [3.8, 4) is 0 Å². The van der Waals surface area contributed by atoms with Gasteiger partial charge in [0.1, 0.15) is 5.25 Å². The number of amides is 2. The number of carbonyl (C=O) groups is 2. The number of para-hydroxylation sites is 1. The second kappa shape index (κ2) is 11.0. The Morgan fingerprint density at radius 1 is 0.933 bits per heavy atom. The molecule has 3 aromatic carbocycles. The maximum atomic E-state index is 13.2. The van der Waals surface area contributed by atoms with Crippen LogP contribution in [-0.2, 0) is 9.59 Å². The first-order valence-electron chi connectivity index (χ1n) is 9.73. The van der Waals surface area contributed by atoms with Crippen molar-refractivity contribution in [1.82, 2.24) is 0 Å². The van der Waals surface area contributed by atoms with Crippen LogP contribution in [0.15, 0.2) is 88.2 Å². The van der Waals surface area contributed by atoms with Crippen LogP contribution in [0.1, 0.15) is 30.6 Å². The van der Waals surface area contributed by atoms with Crippen LogP contribution in [-0.4, -0.2) is 11.8 Å². The quantitative estimate of drug-likeness (QED) is 0.352. The molecule has 154 valence electrons. The number of nitrogens with one attached hydrogen (secondary N) is 2. The standard InChI is InChI=1S/C24H23BrN2O2S/c1-2-9-22(28)26-18-12-8-13-19(16-18)30-23(17-10-4-3-5-11-17)24(29)27-21-15-7-6-14-20(21)25/h3-8,10-16,23H,2,9H2,1H3,(H,26,28)(H,27,29). The van der Waals surface area contributed by atoms with Crippen LogP contribution >= 0.6 is 27.7 Å². The molecule has 6 heteroatoms. The molecule has 0 saturated carbocycles. The Labute approximate surface area is 189 Å². The summed E-state index contributed by atoms with van der Waals surface area (Å²) in [7, 11) is 0. The number of anilines is 2. The molecule has 0 saturated heterocycles. The van der Waals surface area contributed by atoms with E-state index in [1.165, 1.54) is 11.8 Å². The van der Waals surface area contributed by atoms with Crippen molar-refractivity contribution in [3.63, 3.8) is 0 Å². The average Bonchev–Trinajstić information content (AvgIpc) is 2.74. The molecule has 0 spiro atoms. The predicted octanol–water partition coefficient (Wildman–Crippen LogP) is 6.66. The van der Waals surface area contributed by atoms with Gasteiger partial charge in [0.25, 0.3) is 0 Å². The summed E-state index contributed by atoms with van der Waals surface area (Å²) >= 11 is 4.93. The lowest BCUT2D eigenvalue weighted by molar-refractivity contribution is -0.116. The Kier molecular flexibility index (Phi) is 8.11. The third kappa shape index (κ3) is 6.21. The first kappa shape index (κ1) is 22.1. The monoisotopic (exact) mass is 482 g/mol. The molecule has 30 heavy (non-hydrogen) atoms. The van der Waals surface area contributed by atoms with Gasteiger partial charge in [-0.25, -0.2) is 0 Å². The number of hydrogen-bond donors (Lipinski definition) is 2. The molecule has 2 N–H and O–H groups in total. The minimum Gasteiger partial charge on any atom is -0.326 e. The largest absolute Gasteiger partial charge is 0.326 e. The molecule has 0 fully saturated rings. The molecule has 0 aromatic heterocycles. The van der Waals surface area contributed by atoms with Gasteiger partial charge in [-0.3, -0.25) is 9.59 Å². The average molecular weight is 483 g/mol. The normalized spacial score (nSPS) is 11.5. The fourth-order valence-corrected chi connectivity index (χ4v) is 4.36. The molecule has 3 rings (SSSR count). The lowest BCUT2D eigenvalue weighted by atomic mass is 10.1. The second-order valence-electron chi connectivity index (χ2n) is 6.70. The van der Waals surface area contributed by atoms with Gasteiger partial charge in [-0.2, -0.15) is 0 Å². The minimum absolute atomic E-state index is 0.00840. The third-order valence-electron chi connectivity index (χ3n) is 4.32. The summed E-state index contributed by atoms with van der Waals surface area (Å²) in [6.45, 7) is 1.97. The van der Waals surface area contributed by atoms with Crippen LogP contribution in [0.2, 0.25) is 0 Å². The SMILES string of the molecule is CCCC(=O)Nc1cccc(SC(C(=O)Nc2ccccc2Br)c2ccccc2)c1. The van der Waals surface area contributed by atoms with Gasteiger partial charge in [-0.15, -0.1) is 11.8 Å². The van der Waals surface area contributed by atoms with E-state index in [4.69, 9.17) is 0 Å². The van der Waals surface area contributed by atoms with E-state index in [9.17, 15) is 9.59 Å². The van der Waals surface area contributed by atoms with E-state index in [-0.39, 0.29) is 11.8 Å². The fraction of sp³-hybridized carbons (Fsp3) is 0.167. The Morgan fingerprint density at radius 2 is 1.67 bits per heavy atom. The molecule has 2 amide bonds. The highest BCUT2D eigenvalue weighted by molar-refractivity contribution is 9.10. The maximum absolute atomic E-state index is 13.2. The van der Waals surface area contributed by atoms with Crippen LogP contribution in [0.3, 0.4) is 0 Å². The van der Waals surface area contributed by atoms with Crippen LogP contribution in [0.4, 0.5) is 11.4 Å². The van der Waals surface area contributed by atoms with Crippen molar-refractivity contribution in [1.29, 1.82) is 0 Å². The van der Waals surface area contributed by atoms with Crippen LogP contribution < -0.4 is 10.6 Å². The lowest BCUT2D eigenvalue weighted by Crippen LogP contribution is -2.19. The molecule has 0 heterocycles. The summed E-state index contributed by atoms with van der Waals surface area (Å²) in [4.78, 5) is 26.0. The Bertz CT molecular complexity index is 1010. The third-order valence-corrected chi connectivity index (χ3v) is 6.26. The highest BCUT2D eigenvalue weighted by Gasteiger charge is 2.23. The molecule has 0 aliphatic heterocycles. The number of hydrogen-bond acceptors (Lipinski definition) is 3. The number of thioether (sulfide) groups is 1. The van der Waals surface area contributed by atoms with E-state index in [0.717, 1.165) is 32.7 Å². The number of carbonyl (C=O) groups excluding carboxylic acids is 2. The number of benzene rings is 3. The van der Waals surface area contributed by atoms with Crippen molar-refractivity contribution in [2.24, 2.45) is 0 Å². The van der Waals surface area contributed by atoms with Crippen LogP contribution in [0.5, 0.6) is 0 Å². The first-order chi connectivity index (χ1) is 14.6. The molecular formula is C24H23BrN2O2S. The maximum Gasteiger partial charge on any atom is 0.242 e. The molecule has 3 aromatic rings. The van der Waals surface area contributed by atoms with Gasteiger partial charge in [-0.05, 0) is 58.2 Å². The summed E-state index contributed by atoms with van der Waals surface area (Å²) in [5.74, 6) is -0.121. The Hall–Kier alpha value is -2.57. The highest BCUT2D eigenvalue weighted by atomic mass is 79.9. The molecule has 0 radical (unpaired) electrons. The molecule has 1 atom stereocenters. The summed E-state index contributed by atoms with van der Waals surface area (Å²) in [5.41, 5.74) is 2.37. The molecular weight excluding hydrogens is 460 g/mol. The van der Waals surface area contributed by atoms with Gasteiger partial charge in [0.2, 0.25) is 11.8 Å². The van der Waals surface area contributed by atoms with Crippen molar-refractivity contribution in [2.45, 2.75) is 29.9 Å². The predicted molar refractivity (Wildman–Crippen MR) is 128 cm³/mol. The van der Waals surface area contributed by atoms with Crippen molar-refractivity contribution >= 4 is 50.9 Å². The smallest absolute Gasteiger partial charge is 0.242 e. The van der Waals surface area contributed by atoms with Gasteiger partial charge in [0.15, 0.2) is 0 Å². The van der Waals surface area contributed by atoms with Crippen LogP contribution in [0.25, 0.3) is 0 Å². The summed E-state index contributed by atoms with van der Waals surface area (Å²) < 4.78 is 0.829. The minimum atomic E-state index is -0.445. The topological polar surface area (TPSA) is 58.2 Å². The fourth-order valence-electron chi connectivity index (χ4n) is 2.90. The van der Waals surface area contributed by atoms with Crippen molar-refractivity contribution in [2.75, 3.05) is 10.6 Å². The van der Waals surface area contributed by atoms with E-state index < -0.39 is 5.25 Å². The van der Waals surface area contributed by atoms with Gasteiger partial charge in [-0.1, -0.05) is 55.5 Å². The lowest BCUT2D eigenvalue weighted by Gasteiger charge is -2.18. The van der Waals surface area contributed by atoms with Crippen molar-refractivity contribution in [3.05, 3.63) is 88.9 Å². The zero-order chi connectivity index (χ0) is 21.3. The second-order valence-corrected chi connectivity index (χ2v) is 8.74. The summed E-state index contributed by atoms with van der Waals surface area (Å²) in [5, 5.41) is 5.49. The molecule has 0 bridgehead atoms. The number of halogens is 1. The van der Waals surface area contributed by atoms with Crippen LogP contribution in [0, 0.1) is 0 Å². The van der Waals surface area contributed by atoms with Gasteiger partial charge < -0.3 is 10.6 Å². The van der Waals surface area contributed by atoms with E-state index in [1.54, 1.807) is 0 Å². The Morgan fingerprint density at radius 3 is 2.40 bits per heavy atom. The van der Waals surface area contributed by atoms with Crippen molar-refractivity contribution < 1.29 is 9.59 Å². The summed E-state index contributed by atoms with van der Waals surface area (Å²) in [6, 6.07) is 24.8. The molecule has 1 unspecified atom stereocenters. The van der Waals surface area contributed by atoms with E-state index in [1.807, 2.05) is 85.8 Å². The first-order valence-corrected chi connectivity index (χ1v) is 11.4. The van der Waals surface area contributed by atoms with E-state index in [0.29, 0.717) is 6.42 Å². The molecule has 4 nitrogen and oxygen atoms in total. The number of rotatable bonds is 8.